The third-order valence-electron chi connectivity index (χ3n) is 3.16. The molecule has 1 N–H and O–H groups in total. The van der Waals surface area contributed by atoms with Crippen LogP contribution >= 0.6 is 22.9 Å². The quantitative estimate of drug-likeness (QED) is 0.732. The number of pyridine rings is 2. The summed E-state index contributed by atoms with van der Waals surface area (Å²) in [5.74, 6) is -0.277. The fourth-order valence-corrected chi connectivity index (χ4v) is 3.01. The summed E-state index contributed by atoms with van der Waals surface area (Å²) in [6.45, 7) is 1.89. The summed E-state index contributed by atoms with van der Waals surface area (Å²) in [7, 11) is 0. The van der Waals surface area contributed by atoms with Gasteiger partial charge in [0.05, 0.1) is 11.7 Å². The molecule has 0 aliphatic heterocycles. The van der Waals surface area contributed by atoms with Gasteiger partial charge >= 0.3 is 0 Å². The number of nitrogens with one attached hydrogen (secondary N) is 1. The van der Waals surface area contributed by atoms with E-state index in [1.165, 1.54) is 11.3 Å². The van der Waals surface area contributed by atoms with Gasteiger partial charge in [0.25, 0.3) is 5.91 Å². The van der Waals surface area contributed by atoms with Crippen LogP contribution in [0.1, 0.15) is 28.5 Å². The van der Waals surface area contributed by atoms with E-state index in [0.717, 1.165) is 16.3 Å². The van der Waals surface area contributed by atoms with Crippen LogP contribution in [0.5, 0.6) is 0 Å². The van der Waals surface area contributed by atoms with E-state index in [1.807, 2.05) is 24.4 Å². The molecule has 3 rings (SSSR count). The Morgan fingerprint density at radius 3 is 2.74 bits per heavy atom. The third-order valence-corrected chi connectivity index (χ3v) is 4.40. The molecule has 3 aromatic heterocycles. The first-order valence-corrected chi connectivity index (χ1v) is 8.18. The lowest BCUT2D eigenvalue weighted by atomic mass is 10.2. The minimum absolute atomic E-state index is 0.219. The number of nitrogens with zero attached hydrogens (tertiary/aromatic N) is 3. The van der Waals surface area contributed by atoms with Crippen molar-refractivity contribution in [1.82, 2.24) is 20.3 Å². The number of carbonyl (C=O) groups excluding carboxylic acids is 1. The van der Waals surface area contributed by atoms with Crippen LogP contribution in [-0.2, 0) is 0 Å². The molecule has 0 aliphatic carbocycles. The highest BCUT2D eigenvalue weighted by Gasteiger charge is 2.16. The molecule has 0 saturated carbocycles. The van der Waals surface area contributed by atoms with E-state index >= 15 is 0 Å². The molecular weight excluding hydrogens is 332 g/mol. The maximum absolute atomic E-state index is 12.2. The Balaban J connectivity index is 1.73. The van der Waals surface area contributed by atoms with Crippen molar-refractivity contribution >= 4 is 28.8 Å². The molecule has 1 atom stereocenters. The smallest absolute Gasteiger partial charge is 0.270 e. The molecule has 3 aromatic rings. The standard InChI is InChI=1S/C16H13ClN4OS/c1-10(19-15(22)12-3-2-4-14(17)20-12)16-21-13(9-23-16)11-5-7-18-8-6-11/h2-10H,1H3,(H,19,22)/t10-/m0/s1. The second kappa shape index (κ2) is 6.85. The van der Waals surface area contributed by atoms with Gasteiger partial charge in [-0.25, -0.2) is 9.97 Å². The number of halogens is 1. The monoisotopic (exact) mass is 344 g/mol. The zero-order valence-electron chi connectivity index (χ0n) is 12.2. The predicted octanol–water partition coefficient (Wildman–Crippen LogP) is 3.74. The van der Waals surface area contributed by atoms with E-state index in [2.05, 4.69) is 20.3 Å². The van der Waals surface area contributed by atoms with Gasteiger partial charge in [-0.3, -0.25) is 9.78 Å². The molecule has 0 spiro atoms. The molecule has 0 fully saturated rings. The Labute approximate surface area is 142 Å². The highest BCUT2D eigenvalue weighted by atomic mass is 35.5. The van der Waals surface area contributed by atoms with Crippen molar-refractivity contribution in [2.45, 2.75) is 13.0 Å². The van der Waals surface area contributed by atoms with Gasteiger partial charge in [0.2, 0.25) is 0 Å². The van der Waals surface area contributed by atoms with Crippen molar-refractivity contribution < 1.29 is 4.79 Å². The van der Waals surface area contributed by atoms with E-state index in [4.69, 9.17) is 11.6 Å². The number of thiazole rings is 1. The lowest BCUT2D eigenvalue weighted by Gasteiger charge is -2.10. The van der Waals surface area contributed by atoms with Crippen LogP contribution in [-0.4, -0.2) is 20.9 Å². The molecule has 3 heterocycles. The Kier molecular flexibility index (Phi) is 4.64. The average molecular weight is 345 g/mol. The lowest BCUT2D eigenvalue weighted by molar-refractivity contribution is 0.0935. The van der Waals surface area contributed by atoms with Gasteiger partial charge in [-0.15, -0.1) is 11.3 Å². The summed E-state index contributed by atoms with van der Waals surface area (Å²) < 4.78 is 0. The minimum atomic E-state index is -0.277. The van der Waals surface area contributed by atoms with Crippen LogP contribution in [0.25, 0.3) is 11.3 Å². The first-order chi connectivity index (χ1) is 11.1. The number of hydrogen-bond acceptors (Lipinski definition) is 5. The fourth-order valence-electron chi connectivity index (χ4n) is 2.01. The normalized spacial score (nSPS) is 11.9. The van der Waals surface area contributed by atoms with E-state index in [1.54, 1.807) is 30.6 Å². The maximum Gasteiger partial charge on any atom is 0.270 e. The largest absolute Gasteiger partial charge is 0.342 e. The molecule has 1 amide bonds. The van der Waals surface area contributed by atoms with Gasteiger partial charge in [-0.1, -0.05) is 17.7 Å². The molecule has 0 unspecified atom stereocenters. The van der Waals surface area contributed by atoms with Gasteiger partial charge < -0.3 is 5.32 Å². The first kappa shape index (κ1) is 15.6. The highest BCUT2D eigenvalue weighted by Crippen LogP contribution is 2.25. The molecule has 5 nitrogen and oxygen atoms in total. The molecular formula is C16H13ClN4OS. The van der Waals surface area contributed by atoms with E-state index in [-0.39, 0.29) is 17.6 Å². The second-order valence-electron chi connectivity index (χ2n) is 4.85. The molecule has 0 saturated heterocycles. The van der Waals surface area contributed by atoms with Crippen LogP contribution in [0, 0.1) is 0 Å². The van der Waals surface area contributed by atoms with Crippen LogP contribution in [0.4, 0.5) is 0 Å². The summed E-state index contributed by atoms with van der Waals surface area (Å²) in [6, 6.07) is 8.53. The minimum Gasteiger partial charge on any atom is -0.342 e. The summed E-state index contributed by atoms with van der Waals surface area (Å²) in [5.41, 5.74) is 2.15. The van der Waals surface area contributed by atoms with Crippen LogP contribution in [0.2, 0.25) is 5.15 Å². The molecule has 23 heavy (non-hydrogen) atoms. The maximum atomic E-state index is 12.2. The lowest BCUT2D eigenvalue weighted by Crippen LogP contribution is -2.27. The second-order valence-corrected chi connectivity index (χ2v) is 6.12. The van der Waals surface area contributed by atoms with E-state index in [0.29, 0.717) is 5.15 Å². The van der Waals surface area contributed by atoms with Crippen molar-refractivity contribution in [3.8, 4) is 11.3 Å². The molecule has 0 radical (unpaired) electrons. The first-order valence-electron chi connectivity index (χ1n) is 6.93. The van der Waals surface area contributed by atoms with Crippen LogP contribution < -0.4 is 5.32 Å². The number of aromatic nitrogens is 3. The Bertz CT molecular complexity index is 822. The zero-order valence-corrected chi connectivity index (χ0v) is 13.8. The van der Waals surface area contributed by atoms with Crippen molar-refractivity contribution in [2.75, 3.05) is 0 Å². The number of amides is 1. The van der Waals surface area contributed by atoms with Gasteiger partial charge in [-0.05, 0) is 31.2 Å². The summed E-state index contributed by atoms with van der Waals surface area (Å²) >= 11 is 7.31. The SMILES string of the molecule is C[C@H](NC(=O)c1cccc(Cl)n1)c1nc(-c2ccncc2)cs1. The van der Waals surface area contributed by atoms with E-state index < -0.39 is 0 Å². The molecule has 0 aromatic carbocycles. The number of hydrogen-bond donors (Lipinski definition) is 1. The molecule has 7 heteroatoms. The van der Waals surface area contributed by atoms with Crippen molar-refractivity contribution in [1.29, 1.82) is 0 Å². The van der Waals surface area contributed by atoms with Crippen LogP contribution in [0.3, 0.4) is 0 Å². The predicted molar refractivity (Wildman–Crippen MR) is 90.5 cm³/mol. The molecule has 0 aliphatic rings. The van der Waals surface area contributed by atoms with Crippen molar-refractivity contribution in [3.05, 3.63) is 64.0 Å². The summed E-state index contributed by atoms with van der Waals surface area (Å²) in [6.07, 6.45) is 3.45. The van der Waals surface area contributed by atoms with Crippen molar-refractivity contribution in [2.24, 2.45) is 0 Å². The Hall–Kier alpha value is -2.31. The average Bonchev–Trinajstić information content (AvgIpc) is 3.06. The topological polar surface area (TPSA) is 67.8 Å². The summed E-state index contributed by atoms with van der Waals surface area (Å²) in [4.78, 5) is 24.8. The van der Waals surface area contributed by atoms with E-state index in [9.17, 15) is 4.79 Å². The van der Waals surface area contributed by atoms with Gasteiger partial charge in [-0.2, -0.15) is 0 Å². The Morgan fingerprint density at radius 2 is 2.00 bits per heavy atom. The summed E-state index contributed by atoms with van der Waals surface area (Å²) in [5, 5.41) is 5.96. The zero-order chi connectivity index (χ0) is 16.2. The Morgan fingerprint density at radius 1 is 1.22 bits per heavy atom. The van der Waals surface area contributed by atoms with Gasteiger partial charge in [0.15, 0.2) is 0 Å². The molecule has 0 bridgehead atoms. The number of rotatable bonds is 4. The van der Waals surface area contributed by atoms with Crippen molar-refractivity contribution in [3.63, 3.8) is 0 Å². The highest BCUT2D eigenvalue weighted by molar-refractivity contribution is 7.10. The third kappa shape index (κ3) is 3.72. The number of carbonyl (C=O) groups is 1. The fraction of sp³-hybridized carbons (Fsp3) is 0.125. The molecule has 116 valence electrons. The van der Waals surface area contributed by atoms with Crippen LogP contribution in [0.15, 0.2) is 48.1 Å². The van der Waals surface area contributed by atoms with Gasteiger partial charge in [0.1, 0.15) is 15.9 Å². The van der Waals surface area contributed by atoms with Gasteiger partial charge in [0, 0.05) is 23.3 Å².